The molecule has 0 radical (unpaired) electrons. The number of amides is 2. The van der Waals surface area contributed by atoms with Gasteiger partial charge in [0.15, 0.2) is 0 Å². The number of urea groups is 1. The van der Waals surface area contributed by atoms with E-state index in [1.54, 1.807) is 13.2 Å². The van der Waals surface area contributed by atoms with E-state index in [4.69, 9.17) is 4.74 Å². The van der Waals surface area contributed by atoms with Crippen LogP contribution in [0.25, 0.3) is 11.3 Å². The first-order valence-corrected chi connectivity index (χ1v) is 7.77. The van der Waals surface area contributed by atoms with Gasteiger partial charge in [0.2, 0.25) is 5.88 Å². The number of hydrogen-bond donors (Lipinski definition) is 2. The number of hydrogen-bond acceptors (Lipinski definition) is 4. The van der Waals surface area contributed by atoms with Crippen molar-refractivity contribution >= 4 is 17.4 Å². The Morgan fingerprint density at radius 3 is 2.36 bits per heavy atom. The van der Waals surface area contributed by atoms with Gasteiger partial charge in [-0.3, -0.25) is 0 Å². The molecule has 2 aromatic carbocycles. The number of ether oxygens (including phenoxy) is 1. The number of nitrogens with one attached hydrogen (secondary N) is 2. The van der Waals surface area contributed by atoms with Gasteiger partial charge in [-0.2, -0.15) is 0 Å². The average molecular weight is 334 g/mol. The molecule has 2 N–H and O–H groups in total. The van der Waals surface area contributed by atoms with E-state index in [9.17, 15) is 4.79 Å². The number of anilines is 2. The minimum absolute atomic E-state index is 0.304. The molecule has 0 saturated heterocycles. The summed E-state index contributed by atoms with van der Waals surface area (Å²) in [5.74, 6) is 0.454. The lowest BCUT2D eigenvalue weighted by molar-refractivity contribution is 0.262. The molecule has 0 fully saturated rings. The van der Waals surface area contributed by atoms with E-state index in [1.807, 2.05) is 61.5 Å². The third kappa shape index (κ3) is 4.32. The van der Waals surface area contributed by atoms with Crippen LogP contribution in [0.1, 0.15) is 5.56 Å². The molecule has 1 heterocycles. The minimum Gasteiger partial charge on any atom is -0.480 e. The van der Waals surface area contributed by atoms with Crippen molar-refractivity contribution in [2.45, 2.75) is 6.92 Å². The number of rotatable bonds is 4. The molecule has 0 unspecified atom stereocenters. The normalized spacial score (nSPS) is 10.2. The summed E-state index contributed by atoms with van der Waals surface area (Å²) in [6, 6.07) is 18.3. The van der Waals surface area contributed by atoms with Crippen LogP contribution in [-0.2, 0) is 0 Å². The van der Waals surface area contributed by atoms with E-state index in [0.29, 0.717) is 17.3 Å². The molecule has 2 amide bonds. The average Bonchev–Trinajstić information content (AvgIpc) is 2.64. The second-order valence-electron chi connectivity index (χ2n) is 5.49. The summed E-state index contributed by atoms with van der Waals surface area (Å²) in [5.41, 5.74) is 4.09. The van der Waals surface area contributed by atoms with Gasteiger partial charge in [0.25, 0.3) is 0 Å². The highest BCUT2D eigenvalue weighted by atomic mass is 16.5. The van der Waals surface area contributed by atoms with Crippen LogP contribution in [0, 0.1) is 6.92 Å². The molecule has 0 bridgehead atoms. The second kappa shape index (κ2) is 7.44. The summed E-state index contributed by atoms with van der Waals surface area (Å²) in [5, 5.41) is 13.7. The smallest absolute Gasteiger partial charge is 0.323 e. The van der Waals surface area contributed by atoms with E-state index in [1.165, 1.54) is 0 Å². The summed E-state index contributed by atoms with van der Waals surface area (Å²) in [4.78, 5) is 12.1. The molecule has 6 heteroatoms. The molecule has 1 aromatic heterocycles. The Morgan fingerprint density at radius 1 is 0.920 bits per heavy atom. The molecule has 25 heavy (non-hydrogen) atoms. The summed E-state index contributed by atoms with van der Waals surface area (Å²) < 4.78 is 5.01. The molecule has 0 aliphatic heterocycles. The number of aryl methyl sites for hydroxylation is 1. The van der Waals surface area contributed by atoms with Crippen molar-refractivity contribution in [1.82, 2.24) is 10.2 Å². The largest absolute Gasteiger partial charge is 0.480 e. The van der Waals surface area contributed by atoms with Gasteiger partial charge < -0.3 is 15.4 Å². The van der Waals surface area contributed by atoms with Crippen LogP contribution in [0.5, 0.6) is 5.88 Å². The van der Waals surface area contributed by atoms with Gasteiger partial charge in [0.05, 0.1) is 12.8 Å². The van der Waals surface area contributed by atoms with Crippen molar-refractivity contribution in [3.63, 3.8) is 0 Å². The standard InChI is InChI=1S/C19H18N4O2/c1-13-6-8-15(9-7-13)20-19(24)21-16-5-3-4-14(12-16)17-10-11-18(25-2)23-22-17/h3-12H,1-2H3,(H2,20,21,24). The van der Waals surface area contributed by atoms with Gasteiger partial charge in [0, 0.05) is 23.0 Å². The number of nitrogens with zero attached hydrogens (tertiary/aromatic N) is 2. The van der Waals surface area contributed by atoms with Crippen LogP contribution in [0.3, 0.4) is 0 Å². The van der Waals surface area contributed by atoms with E-state index in [-0.39, 0.29) is 6.03 Å². The van der Waals surface area contributed by atoms with Crippen molar-refractivity contribution < 1.29 is 9.53 Å². The zero-order valence-corrected chi connectivity index (χ0v) is 14.0. The molecular formula is C19H18N4O2. The first-order valence-electron chi connectivity index (χ1n) is 7.77. The molecule has 0 aliphatic rings. The highest BCUT2D eigenvalue weighted by Crippen LogP contribution is 2.21. The number of benzene rings is 2. The third-order valence-electron chi connectivity index (χ3n) is 3.57. The van der Waals surface area contributed by atoms with Crippen molar-refractivity contribution in [3.8, 4) is 17.1 Å². The fourth-order valence-corrected chi connectivity index (χ4v) is 2.27. The summed E-state index contributed by atoms with van der Waals surface area (Å²) in [6.45, 7) is 2.00. The van der Waals surface area contributed by atoms with Crippen LogP contribution in [0.4, 0.5) is 16.2 Å². The summed E-state index contributed by atoms with van der Waals surface area (Å²) in [6.07, 6.45) is 0. The lowest BCUT2D eigenvalue weighted by Crippen LogP contribution is -2.19. The monoisotopic (exact) mass is 334 g/mol. The molecular weight excluding hydrogens is 316 g/mol. The topological polar surface area (TPSA) is 76.1 Å². The number of methoxy groups -OCH3 is 1. The summed E-state index contributed by atoms with van der Waals surface area (Å²) >= 11 is 0. The molecule has 0 saturated carbocycles. The molecule has 0 spiro atoms. The Hall–Kier alpha value is -3.41. The van der Waals surface area contributed by atoms with E-state index >= 15 is 0 Å². The van der Waals surface area contributed by atoms with Crippen molar-refractivity contribution in [1.29, 1.82) is 0 Å². The SMILES string of the molecule is COc1ccc(-c2cccc(NC(=O)Nc3ccc(C)cc3)c2)nn1. The van der Waals surface area contributed by atoms with Crippen LogP contribution in [0.2, 0.25) is 0 Å². The maximum Gasteiger partial charge on any atom is 0.323 e. The Bertz CT molecular complexity index is 861. The highest BCUT2D eigenvalue weighted by Gasteiger charge is 2.06. The van der Waals surface area contributed by atoms with Crippen LogP contribution >= 0.6 is 0 Å². The molecule has 6 nitrogen and oxygen atoms in total. The predicted octanol–water partition coefficient (Wildman–Crippen LogP) is 4.10. The van der Waals surface area contributed by atoms with Crippen LogP contribution in [0.15, 0.2) is 60.7 Å². The fourth-order valence-electron chi connectivity index (χ4n) is 2.27. The van der Waals surface area contributed by atoms with Gasteiger partial charge in [0.1, 0.15) is 0 Å². The quantitative estimate of drug-likeness (QED) is 0.753. The zero-order chi connectivity index (χ0) is 17.6. The van der Waals surface area contributed by atoms with Crippen molar-refractivity contribution in [2.24, 2.45) is 0 Å². The Kier molecular flexibility index (Phi) is 4.89. The lowest BCUT2D eigenvalue weighted by atomic mass is 10.1. The van der Waals surface area contributed by atoms with Gasteiger partial charge in [-0.1, -0.05) is 29.8 Å². The van der Waals surface area contributed by atoms with Crippen molar-refractivity contribution in [3.05, 3.63) is 66.2 Å². The maximum atomic E-state index is 12.1. The Balaban J connectivity index is 1.70. The third-order valence-corrected chi connectivity index (χ3v) is 3.57. The molecule has 3 rings (SSSR count). The predicted molar refractivity (Wildman–Crippen MR) is 97.8 cm³/mol. The lowest BCUT2D eigenvalue weighted by Gasteiger charge is -2.09. The number of carbonyl (C=O) groups excluding carboxylic acids is 1. The van der Waals surface area contributed by atoms with E-state index in [2.05, 4.69) is 20.8 Å². The van der Waals surface area contributed by atoms with E-state index < -0.39 is 0 Å². The molecule has 0 atom stereocenters. The van der Waals surface area contributed by atoms with Gasteiger partial charge >= 0.3 is 6.03 Å². The van der Waals surface area contributed by atoms with Gasteiger partial charge in [-0.15, -0.1) is 10.2 Å². The first kappa shape index (κ1) is 16.4. The Labute approximate surface area is 145 Å². The van der Waals surface area contributed by atoms with Crippen molar-refractivity contribution in [2.75, 3.05) is 17.7 Å². The molecule has 126 valence electrons. The maximum absolute atomic E-state index is 12.1. The first-order chi connectivity index (χ1) is 12.1. The summed E-state index contributed by atoms with van der Waals surface area (Å²) in [7, 11) is 1.54. The number of carbonyl (C=O) groups is 1. The van der Waals surface area contributed by atoms with Crippen LogP contribution in [-0.4, -0.2) is 23.3 Å². The number of aromatic nitrogens is 2. The molecule has 0 aliphatic carbocycles. The zero-order valence-electron chi connectivity index (χ0n) is 14.0. The Morgan fingerprint density at radius 2 is 1.68 bits per heavy atom. The van der Waals surface area contributed by atoms with Gasteiger partial charge in [-0.25, -0.2) is 4.79 Å². The highest BCUT2D eigenvalue weighted by molar-refractivity contribution is 6.00. The molecule has 3 aromatic rings. The fraction of sp³-hybridized carbons (Fsp3) is 0.105. The van der Waals surface area contributed by atoms with E-state index in [0.717, 1.165) is 16.8 Å². The second-order valence-corrected chi connectivity index (χ2v) is 5.49. The van der Waals surface area contributed by atoms with Gasteiger partial charge in [-0.05, 0) is 37.3 Å². The van der Waals surface area contributed by atoms with Crippen LogP contribution < -0.4 is 15.4 Å². The minimum atomic E-state index is -0.304.